The molecule has 1 aliphatic heterocycles. The molecule has 4 heteroatoms. The van der Waals surface area contributed by atoms with E-state index in [0.717, 1.165) is 33.7 Å². The molecule has 3 rings (SSSR count). The fraction of sp³-hybridized carbons (Fsp3) is 0.467. The second kappa shape index (κ2) is 3.90. The number of hydrogen-bond donors (Lipinski definition) is 1. The van der Waals surface area contributed by atoms with Crippen LogP contribution in [0, 0.1) is 13.8 Å². The van der Waals surface area contributed by atoms with E-state index in [1.54, 1.807) is 0 Å². The Balaban J connectivity index is 2.19. The lowest BCUT2D eigenvalue weighted by Gasteiger charge is -2.37. The second-order valence-corrected chi connectivity index (χ2v) is 5.77. The zero-order valence-corrected chi connectivity index (χ0v) is 11.7. The fourth-order valence-electron chi connectivity index (χ4n) is 2.36. The van der Waals surface area contributed by atoms with Gasteiger partial charge in [-0.05, 0) is 39.3 Å². The minimum absolute atomic E-state index is 0.503. The smallest absolute Gasteiger partial charge is 0.129 e. The number of aliphatic hydroxyl groups is 1. The highest BCUT2D eigenvalue weighted by Gasteiger charge is 2.35. The summed E-state index contributed by atoms with van der Waals surface area (Å²) in [5.41, 5.74) is 4.00. The summed E-state index contributed by atoms with van der Waals surface area (Å²) in [6, 6.07) is 3.90. The van der Waals surface area contributed by atoms with Crippen LogP contribution in [0.2, 0.25) is 0 Å². The van der Waals surface area contributed by atoms with Crippen molar-refractivity contribution in [3.05, 3.63) is 29.1 Å². The number of rotatable bonds is 0. The molecule has 0 fully saturated rings. The van der Waals surface area contributed by atoms with Crippen LogP contribution in [-0.2, 0) is 6.42 Å². The molecule has 2 aromatic rings. The molecule has 0 saturated carbocycles. The van der Waals surface area contributed by atoms with Crippen molar-refractivity contribution in [2.45, 2.75) is 45.8 Å². The van der Waals surface area contributed by atoms with Gasteiger partial charge in [-0.15, -0.1) is 0 Å². The maximum absolute atomic E-state index is 10.1. The Kier molecular flexibility index (Phi) is 2.54. The van der Waals surface area contributed by atoms with E-state index in [9.17, 15) is 5.11 Å². The third-order valence-electron chi connectivity index (χ3n) is 3.85. The minimum Gasteiger partial charge on any atom is -0.485 e. The Labute approximate surface area is 112 Å². The van der Waals surface area contributed by atoms with Gasteiger partial charge in [0.25, 0.3) is 0 Å². The van der Waals surface area contributed by atoms with Gasteiger partial charge < -0.3 is 9.84 Å². The third-order valence-corrected chi connectivity index (χ3v) is 3.85. The molecule has 0 aliphatic carbocycles. The average molecular weight is 258 g/mol. The van der Waals surface area contributed by atoms with E-state index in [1.165, 1.54) is 0 Å². The molecule has 0 amide bonds. The first kappa shape index (κ1) is 12.4. The van der Waals surface area contributed by atoms with Gasteiger partial charge in [0.2, 0.25) is 0 Å². The van der Waals surface area contributed by atoms with Crippen LogP contribution in [0.3, 0.4) is 0 Å². The summed E-state index contributed by atoms with van der Waals surface area (Å²) in [5, 5.41) is 10.1. The Morgan fingerprint density at radius 1 is 1.16 bits per heavy atom. The van der Waals surface area contributed by atoms with Crippen LogP contribution in [0.15, 0.2) is 12.1 Å². The molecule has 1 aromatic heterocycles. The van der Waals surface area contributed by atoms with Crippen molar-refractivity contribution in [3.8, 4) is 5.75 Å². The molecule has 19 heavy (non-hydrogen) atoms. The van der Waals surface area contributed by atoms with E-state index in [0.29, 0.717) is 6.42 Å². The van der Waals surface area contributed by atoms with Gasteiger partial charge in [0, 0.05) is 12.5 Å². The summed E-state index contributed by atoms with van der Waals surface area (Å²) in [6.07, 6.45) is 0.0873. The standard InChI is InChI=1S/C15H18N2O2/c1-8-9(2)17-12-7-13-10(5-11(12)16-8)6-14(18)15(3,4)19-13/h5,7,14,18H,6H2,1-4H3. The van der Waals surface area contributed by atoms with Crippen LogP contribution in [0.1, 0.15) is 30.8 Å². The van der Waals surface area contributed by atoms with E-state index in [-0.39, 0.29) is 0 Å². The number of aryl methyl sites for hydroxylation is 2. The van der Waals surface area contributed by atoms with Crippen LogP contribution in [0.25, 0.3) is 11.0 Å². The highest BCUT2D eigenvalue weighted by Crippen LogP contribution is 2.35. The molecule has 0 radical (unpaired) electrons. The molecular weight excluding hydrogens is 240 g/mol. The van der Waals surface area contributed by atoms with Crippen molar-refractivity contribution in [1.29, 1.82) is 0 Å². The SMILES string of the molecule is Cc1nc2cc3c(cc2nc1C)OC(C)(C)C(O)C3. The summed E-state index contributed by atoms with van der Waals surface area (Å²) < 4.78 is 5.89. The molecule has 0 saturated heterocycles. The minimum atomic E-state index is -0.562. The predicted molar refractivity (Wildman–Crippen MR) is 73.4 cm³/mol. The monoisotopic (exact) mass is 258 g/mol. The number of hydrogen-bond acceptors (Lipinski definition) is 4. The summed E-state index contributed by atoms with van der Waals surface area (Å²) >= 11 is 0. The van der Waals surface area contributed by atoms with Gasteiger partial charge in [-0.25, -0.2) is 9.97 Å². The maximum Gasteiger partial charge on any atom is 0.129 e. The Bertz CT molecular complexity index is 665. The Morgan fingerprint density at radius 2 is 1.74 bits per heavy atom. The van der Waals surface area contributed by atoms with Gasteiger partial charge in [-0.3, -0.25) is 0 Å². The van der Waals surface area contributed by atoms with Crippen LogP contribution in [0.4, 0.5) is 0 Å². The van der Waals surface area contributed by atoms with Gasteiger partial charge in [-0.2, -0.15) is 0 Å². The molecule has 1 N–H and O–H groups in total. The molecule has 2 heterocycles. The molecule has 0 bridgehead atoms. The first-order chi connectivity index (χ1) is 8.87. The highest BCUT2D eigenvalue weighted by molar-refractivity contribution is 5.78. The van der Waals surface area contributed by atoms with E-state index < -0.39 is 11.7 Å². The van der Waals surface area contributed by atoms with Crippen LogP contribution in [0.5, 0.6) is 5.75 Å². The van der Waals surface area contributed by atoms with Gasteiger partial charge in [0.1, 0.15) is 11.4 Å². The maximum atomic E-state index is 10.1. The molecule has 4 nitrogen and oxygen atoms in total. The number of nitrogens with zero attached hydrogens (tertiary/aromatic N) is 2. The summed E-state index contributed by atoms with van der Waals surface area (Å²) in [6.45, 7) is 7.71. The van der Waals surface area contributed by atoms with E-state index in [1.807, 2.05) is 39.8 Å². The summed E-state index contributed by atoms with van der Waals surface area (Å²) in [4.78, 5) is 9.09. The van der Waals surface area contributed by atoms with Gasteiger partial charge in [0.15, 0.2) is 0 Å². The van der Waals surface area contributed by atoms with Crippen LogP contribution in [-0.4, -0.2) is 26.8 Å². The Hall–Kier alpha value is -1.68. The molecule has 100 valence electrons. The molecule has 0 spiro atoms. The number of ether oxygens (including phenoxy) is 1. The normalized spacial score (nSPS) is 21.0. The zero-order valence-electron chi connectivity index (χ0n) is 11.7. The highest BCUT2D eigenvalue weighted by atomic mass is 16.5. The van der Waals surface area contributed by atoms with Crippen molar-refractivity contribution in [3.63, 3.8) is 0 Å². The van der Waals surface area contributed by atoms with E-state index in [4.69, 9.17) is 4.74 Å². The average Bonchev–Trinajstić information content (AvgIpc) is 2.30. The summed E-state index contributed by atoms with van der Waals surface area (Å²) in [5.74, 6) is 0.806. The first-order valence-corrected chi connectivity index (χ1v) is 6.52. The van der Waals surface area contributed by atoms with Crippen molar-refractivity contribution in [2.24, 2.45) is 0 Å². The van der Waals surface area contributed by atoms with Crippen molar-refractivity contribution in [1.82, 2.24) is 9.97 Å². The van der Waals surface area contributed by atoms with Gasteiger partial charge >= 0.3 is 0 Å². The van der Waals surface area contributed by atoms with Gasteiger partial charge in [-0.1, -0.05) is 0 Å². The number of fused-ring (bicyclic) bond motifs is 2. The third kappa shape index (κ3) is 1.96. The molecule has 1 atom stereocenters. The zero-order chi connectivity index (χ0) is 13.8. The molecular formula is C15H18N2O2. The number of aliphatic hydroxyl groups excluding tert-OH is 1. The van der Waals surface area contributed by atoms with Crippen molar-refractivity contribution in [2.75, 3.05) is 0 Å². The number of benzene rings is 1. The fourth-order valence-corrected chi connectivity index (χ4v) is 2.36. The molecule has 1 unspecified atom stereocenters. The summed E-state index contributed by atoms with van der Waals surface area (Å²) in [7, 11) is 0. The lowest BCUT2D eigenvalue weighted by Crippen LogP contribution is -2.46. The van der Waals surface area contributed by atoms with Gasteiger partial charge in [0.05, 0.1) is 28.5 Å². The Morgan fingerprint density at radius 3 is 2.37 bits per heavy atom. The lowest BCUT2D eigenvalue weighted by atomic mass is 9.91. The second-order valence-electron chi connectivity index (χ2n) is 5.77. The lowest BCUT2D eigenvalue weighted by molar-refractivity contribution is -0.0410. The quantitative estimate of drug-likeness (QED) is 0.788. The topological polar surface area (TPSA) is 55.2 Å². The van der Waals surface area contributed by atoms with Crippen LogP contribution >= 0.6 is 0 Å². The van der Waals surface area contributed by atoms with E-state index >= 15 is 0 Å². The van der Waals surface area contributed by atoms with Crippen molar-refractivity contribution < 1.29 is 9.84 Å². The van der Waals surface area contributed by atoms with Crippen molar-refractivity contribution >= 4 is 11.0 Å². The first-order valence-electron chi connectivity index (χ1n) is 6.52. The van der Waals surface area contributed by atoms with Crippen LogP contribution < -0.4 is 4.74 Å². The predicted octanol–water partition coefficient (Wildman–Crippen LogP) is 2.32. The number of aromatic nitrogens is 2. The molecule has 1 aliphatic rings. The largest absolute Gasteiger partial charge is 0.485 e. The molecule has 1 aromatic carbocycles. The van der Waals surface area contributed by atoms with E-state index in [2.05, 4.69) is 9.97 Å².